The van der Waals surface area contributed by atoms with Crippen LogP contribution in [0.5, 0.6) is 5.75 Å². The van der Waals surface area contributed by atoms with E-state index in [1.54, 1.807) is 42.5 Å². The average molecular weight is 354 g/mol. The Morgan fingerprint density at radius 3 is 2.38 bits per heavy atom. The molecule has 0 spiro atoms. The van der Waals surface area contributed by atoms with Gasteiger partial charge in [-0.25, -0.2) is 0 Å². The van der Waals surface area contributed by atoms with Gasteiger partial charge in [0.05, 0.1) is 12.2 Å². The first-order valence-corrected chi connectivity index (χ1v) is 8.81. The molecule has 0 aliphatic heterocycles. The van der Waals surface area contributed by atoms with Crippen molar-refractivity contribution in [2.45, 2.75) is 33.7 Å². The van der Waals surface area contributed by atoms with Gasteiger partial charge < -0.3 is 15.4 Å². The molecule has 0 aliphatic carbocycles. The molecule has 2 aromatic carbocycles. The lowest BCUT2D eigenvalue weighted by Crippen LogP contribution is -2.30. The molecule has 138 valence electrons. The van der Waals surface area contributed by atoms with Gasteiger partial charge in [0, 0.05) is 17.3 Å². The minimum Gasteiger partial charge on any atom is -0.492 e. The van der Waals surface area contributed by atoms with Crippen LogP contribution in [0.3, 0.4) is 0 Å². The highest BCUT2D eigenvalue weighted by Crippen LogP contribution is 2.21. The number of rotatable bonds is 7. The van der Waals surface area contributed by atoms with Crippen LogP contribution in [-0.2, 0) is 0 Å². The molecule has 2 N–H and O–H groups in total. The summed E-state index contributed by atoms with van der Waals surface area (Å²) in [5.74, 6) is 0.470. The number of carbonyl (C=O) groups excluding carboxylic acids is 2. The molecule has 5 heteroatoms. The molecule has 0 aromatic heterocycles. The number of benzene rings is 2. The highest BCUT2D eigenvalue weighted by molar-refractivity contribution is 6.06. The summed E-state index contributed by atoms with van der Waals surface area (Å²) in [5, 5.41) is 5.67. The van der Waals surface area contributed by atoms with E-state index in [4.69, 9.17) is 4.74 Å². The van der Waals surface area contributed by atoms with Crippen molar-refractivity contribution in [3.05, 3.63) is 59.7 Å². The summed E-state index contributed by atoms with van der Waals surface area (Å²) < 4.78 is 5.74. The van der Waals surface area contributed by atoms with Crippen LogP contribution in [0.4, 0.5) is 5.69 Å². The molecule has 0 aliphatic rings. The SMILES string of the molecule is CC(C)COc1ccccc1C(=O)Nc1cccc(C(=O)NC(C)C)c1. The van der Waals surface area contributed by atoms with Gasteiger partial charge in [0.1, 0.15) is 5.75 Å². The second-order valence-corrected chi connectivity index (χ2v) is 6.86. The van der Waals surface area contributed by atoms with Crippen LogP contribution in [0, 0.1) is 5.92 Å². The largest absolute Gasteiger partial charge is 0.492 e. The first-order valence-electron chi connectivity index (χ1n) is 8.81. The standard InChI is InChI=1S/C21H26N2O3/c1-14(2)13-26-19-11-6-5-10-18(19)21(25)23-17-9-7-8-16(12-17)20(24)22-15(3)4/h5-12,14-15H,13H2,1-4H3,(H,22,24)(H,23,25). The smallest absolute Gasteiger partial charge is 0.259 e. The monoisotopic (exact) mass is 354 g/mol. The normalized spacial score (nSPS) is 10.7. The molecule has 0 bridgehead atoms. The van der Waals surface area contributed by atoms with Crippen LogP contribution in [0.1, 0.15) is 48.4 Å². The summed E-state index contributed by atoms with van der Waals surface area (Å²) in [5.41, 5.74) is 1.52. The van der Waals surface area contributed by atoms with Gasteiger partial charge in [0.2, 0.25) is 0 Å². The molecule has 0 fully saturated rings. The number of para-hydroxylation sites is 1. The number of anilines is 1. The summed E-state index contributed by atoms with van der Waals surface area (Å²) in [4.78, 5) is 24.8. The predicted octanol–water partition coefficient (Wildman–Crippen LogP) is 4.11. The van der Waals surface area contributed by atoms with Crippen molar-refractivity contribution in [1.29, 1.82) is 0 Å². The Kier molecular flexibility index (Phi) is 6.78. The zero-order chi connectivity index (χ0) is 19.1. The van der Waals surface area contributed by atoms with Crippen molar-refractivity contribution in [1.82, 2.24) is 5.32 Å². The van der Waals surface area contributed by atoms with Crippen LogP contribution >= 0.6 is 0 Å². The maximum Gasteiger partial charge on any atom is 0.259 e. The van der Waals surface area contributed by atoms with Crippen LogP contribution < -0.4 is 15.4 Å². The zero-order valence-corrected chi connectivity index (χ0v) is 15.7. The Bertz CT molecular complexity index is 769. The second kappa shape index (κ2) is 9.04. The molecule has 0 unspecified atom stereocenters. The lowest BCUT2D eigenvalue weighted by molar-refractivity contribution is 0.0941. The average Bonchev–Trinajstić information content (AvgIpc) is 2.59. The van der Waals surface area contributed by atoms with Gasteiger partial charge in [-0.05, 0) is 50.1 Å². The highest BCUT2D eigenvalue weighted by Gasteiger charge is 2.14. The van der Waals surface area contributed by atoms with Crippen LogP contribution in [0.2, 0.25) is 0 Å². The molecule has 0 atom stereocenters. The minimum atomic E-state index is -0.272. The second-order valence-electron chi connectivity index (χ2n) is 6.86. The molecular formula is C21H26N2O3. The van der Waals surface area contributed by atoms with Crippen molar-refractivity contribution in [3.8, 4) is 5.75 Å². The van der Waals surface area contributed by atoms with Gasteiger partial charge >= 0.3 is 0 Å². The number of amides is 2. The third kappa shape index (κ3) is 5.62. The molecule has 0 saturated carbocycles. The summed E-state index contributed by atoms with van der Waals surface area (Å²) in [7, 11) is 0. The molecule has 0 saturated heterocycles. The maximum atomic E-state index is 12.6. The molecule has 2 aromatic rings. The van der Waals surface area contributed by atoms with Crippen LogP contribution in [0.25, 0.3) is 0 Å². The highest BCUT2D eigenvalue weighted by atomic mass is 16.5. The predicted molar refractivity (Wildman–Crippen MR) is 104 cm³/mol. The van der Waals surface area contributed by atoms with E-state index in [1.165, 1.54) is 0 Å². The summed E-state index contributed by atoms with van der Waals surface area (Å²) in [6.07, 6.45) is 0. The van der Waals surface area contributed by atoms with Gasteiger partial charge in [0.15, 0.2) is 0 Å². The number of hydrogen-bond acceptors (Lipinski definition) is 3. The summed E-state index contributed by atoms with van der Waals surface area (Å²) in [6, 6.07) is 14.1. The van der Waals surface area contributed by atoms with Crippen LogP contribution in [0.15, 0.2) is 48.5 Å². The quantitative estimate of drug-likeness (QED) is 0.786. The Labute approximate surface area is 154 Å². The zero-order valence-electron chi connectivity index (χ0n) is 15.7. The number of ether oxygens (including phenoxy) is 1. The van der Waals surface area contributed by atoms with E-state index in [-0.39, 0.29) is 17.9 Å². The Hall–Kier alpha value is -2.82. The van der Waals surface area contributed by atoms with Crippen molar-refractivity contribution < 1.29 is 14.3 Å². The Morgan fingerprint density at radius 2 is 1.69 bits per heavy atom. The van der Waals surface area contributed by atoms with E-state index < -0.39 is 0 Å². The van der Waals surface area contributed by atoms with Gasteiger partial charge in [0.25, 0.3) is 11.8 Å². The van der Waals surface area contributed by atoms with Crippen molar-refractivity contribution in [2.24, 2.45) is 5.92 Å². The molecule has 0 heterocycles. The van der Waals surface area contributed by atoms with Gasteiger partial charge in [-0.2, -0.15) is 0 Å². The van der Waals surface area contributed by atoms with Gasteiger partial charge in [-0.15, -0.1) is 0 Å². The first kappa shape index (κ1) is 19.5. The van der Waals surface area contributed by atoms with E-state index in [1.807, 2.05) is 19.9 Å². The third-order valence-electron chi connectivity index (χ3n) is 3.51. The van der Waals surface area contributed by atoms with E-state index in [2.05, 4.69) is 24.5 Å². The van der Waals surface area contributed by atoms with Crippen molar-refractivity contribution >= 4 is 17.5 Å². The lowest BCUT2D eigenvalue weighted by Gasteiger charge is -2.14. The van der Waals surface area contributed by atoms with E-state index in [0.29, 0.717) is 35.1 Å². The Morgan fingerprint density at radius 1 is 0.962 bits per heavy atom. The van der Waals surface area contributed by atoms with E-state index >= 15 is 0 Å². The molecule has 2 amide bonds. The van der Waals surface area contributed by atoms with Gasteiger partial charge in [-0.1, -0.05) is 32.0 Å². The lowest BCUT2D eigenvalue weighted by atomic mass is 10.1. The fraction of sp³-hybridized carbons (Fsp3) is 0.333. The topological polar surface area (TPSA) is 67.4 Å². The molecule has 26 heavy (non-hydrogen) atoms. The van der Waals surface area contributed by atoms with Crippen molar-refractivity contribution in [3.63, 3.8) is 0 Å². The van der Waals surface area contributed by atoms with Crippen molar-refractivity contribution in [2.75, 3.05) is 11.9 Å². The first-order chi connectivity index (χ1) is 12.4. The fourth-order valence-corrected chi connectivity index (χ4v) is 2.32. The molecule has 2 rings (SSSR count). The number of nitrogens with one attached hydrogen (secondary N) is 2. The van der Waals surface area contributed by atoms with Crippen LogP contribution in [-0.4, -0.2) is 24.5 Å². The molecule has 5 nitrogen and oxygen atoms in total. The molecule has 0 radical (unpaired) electrons. The number of hydrogen-bond donors (Lipinski definition) is 2. The minimum absolute atomic E-state index is 0.0470. The third-order valence-corrected chi connectivity index (χ3v) is 3.51. The molecular weight excluding hydrogens is 328 g/mol. The van der Waals surface area contributed by atoms with E-state index in [0.717, 1.165) is 0 Å². The van der Waals surface area contributed by atoms with Gasteiger partial charge in [-0.3, -0.25) is 9.59 Å². The maximum absolute atomic E-state index is 12.6. The summed E-state index contributed by atoms with van der Waals surface area (Å²) >= 11 is 0. The number of carbonyl (C=O) groups is 2. The summed E-state index contributed by atoms with van der Waals surface area (Å²) in [6.45, 7) is 8.44. The fourth-order valence-electron chi connectivity index (χ4n) is 2.32. The van der Waals surface area contributed by atoms with E-state index in [9.17, 15) is 9.59 Å². The Balaban J connectivity index is 2.14.